The molecular formula is C5H4NNaO2S. The van der Waals surface area contributed by atoms with E-state index in [1.165, 1.54) is 18.4 Å². The van der Waals surface area contributed by atoms with Gasteiger partial charge in [0.05, 0.1) is 0 Å². The molecule has 1 heterocycles. The Hall–Kier alpha value is -0.0300. The molecule has 0 atom stereocenters. The van der Waals surface area contributed by atoms with E-state index in [2.05, 4.69) is 12.2 Å². The summed E-state index contributed by atoms with van der Waals surface area (Å²) in [6, 6.07) is 0. The first kappa shape index (κ1) is 9.97. The van der Waals surface area contributed by atoms with Gasteiger partial charge in [0, 0.05) is 6.08 Å². The molecule has 0 aliphatic carbocycles. The molecule has 0 unspecified atom stereocenters. The summed E-state index contributed by atoms with van der Waals surface area (Å²) in [5.74, 6) is -0.400. The molecule has 0 fully saturated rings. The molecule has 0 saturated carbocycles. The summed E-state index contributed by atoms with van der Waals surface area (Å²) >= 11 is 4.43. The van der Waals surface area contributed by atoms with Crippen LogP contribution in [0.4, 0.5) is 0 Å². The van der Waals surface area contributed by atoms with Crippen LogP contribution in [0.5, 0.6) is 0 Å². The van der Waals surface area contributed by atoms with Gasteiger partial charge in [0.1, 0.15) is 0 Å². The molecule has 5 heteroatoms. The van der Waals surface area contributed by atoms with Crippen molar-refractivity contribution in [2.24, 2.45) is 0 Å². The summed E-state index contributed by atoms with van der Waals surface area (Å²) in [4.78, 5) is 10.3. The number of hydrogen-bond donors (Lipinski definition) is 0. The molecule has 0 bridgehead atoms. The SMILES string of the molecule is O=C1C=CC=[N+]([O-])C1=S.[NaH]. The minimum absolute atomic E-state index is 0. The van der Waals surface area contributed by atoms with Gasteiger partial charge in [0.2, 0.25) is 0 Å². The van der Waals surface area contributed by atoms with Gasteiger partial charge in [0.25, 0.3) is 5.78 Å². The van der Waals surface area contributed by atoms with Crippen molar-refractivity contribution < 1.29 is 9.53 Å². The summed E-state index contributed by atoms with van der Waals surface area (Å²) in [6.45, 7) is 0. The van der Waals surface area contributed by atoms with Crippen molar-refractivity contribution >= 4 is 58.8 Å². The van der Waals surface area contributed by atoms with Gasteiger partial charge in [-0.05, 0) is 18.3 Å². The molecule has 0 aromatic carbocycles. The number of hydrogen-bond acceptors (Lipinski definition) is 3. The van der Waals surface area contributed by atoms with Gasteiger partial charge in [-0.25, -0.2) is 0 Å². The van der Waals surface area contributed by atoms with Crippen LogP contribution in [0.3, 0.4) is 0 Å². The predicted molar refractivity (Wildman–Crippen MR) is 43.6 cm³/mol. The zero-order valence-corrected chi connectivity index (χ0v) is 5.22. The third-order valence-corrected chi connectivity index (χ3v) is 1.26. The summed E-state index contributed by atoms with van der Waals surface area (Å²) in [6.07, 6.45) is 3.82. The van der Waals surface area contributed by atoms with Crippen LogP contribution in [0.25, 0.3) is 0 Å². The molecule has 0 aromatic rings. The maximum atomic E-state index is 10.5. The molecule has 0 N–H and O–H groups in total. The van der Waals surface area contributed by atoms with Gasteiger partial charge in [0.15, 0.2) is 6.21 Å². The van der Waals surface area contributed by atoms with Crippen LogP contribution in [0.15, 0.2) is 12.2 Å². The number of rotatable bonds is 0. The van der Waals surface area contributed by atoms with Crippen LogP contribution < -0.4 is 0 Å². The first-order valence-corrected chi connectivity index (χ1v) is 2.69. The molecular weight excluding hydrogens is 161 g/mol. The van der Waals surface area contributed by atoms with Gasteiger partial charge < -0.3 is 5.21 Å². The van der Waals surface area contributed by atoms with Crippen molar-refractivity contribution in [1.29, 1.82) is 0 Å². The van der Waals surface area contributed by atoms with Crippen LogP contribution in [0.1, 0.15) is 0 Å². The van der Waals surface area contributed by atoms with Crippen molar-refractivity contribution in [3.63, 3.8) is 0 Å². The van der Waals surface area contributed by atoms with Crippen LogP contribution >= 0.6 is 12.2 Å². The Morgan fingerprint density at radius 3 is 2.60 bits per heavy atom. The molecule has 3 nitrogen and oxygen atoms in total. The third kappa shape index (κ3) is 1.98. The number of carbonyl (C=O) groups is 1. The Kier molecular flexibility index (Phi) is 3.96. The summed E-state index contributed by atoms with van der Waals surface area (Å²) < 4.78 is 0.373. The van der Waals surface area contributed by atoms with Crippen molar-refractivity contribution in [3.8, 4) is 0 Å². The molecule has 0 aromatic heterocycles. The molecule has 1 aliphatic heterocycles. The fourth-order valence-corrected chi connectivity index (χ4v) is 0.585. The fraction of sp³-hybridized carbons (Fsp3) is 0. The molecule has 0 radical (unpaired) electrons. The quantitative estimate of drug-likeness (QED) is 0.208. The minimum atomic E-state index is -0.400. The topological polar surface area (TPSA) is 43.1 Å². The first-order chi connectivity index (χ1) is 4.22. The second-order valence-corrected chi connectivity index (χ2v) is 1.89. The Morgan fingerprint density at radius 1 is 1.60 bits per heavy atom. The number of allylic oxidation sites excluding steroid dienone is 1. The van der Waals surface area contributed by atoms with E-state index in [9.17, 15) is 10.0 Å². The van der Waals surface area contributed by atoms with E-state index in [0.29, 0.717) is 4.74 Å². The van der Waals surface area contributed by atoms with Gasteiger partial charge in [-0.1, -0.05) is 0 Å². The van der Waals surface area contributed by atoms with Crippen LogP contribution in [-0.2, 0) is 4.79 Å². The van der Waals surface area contributed by atoms with Crippen molar-refractivity contribution in [2.45, 2.75) is 0 Å². The van der Waals surface area contributed by atoms with Crippen LogP contribution in [0, 0.1) is 5.21 Å². The summed E-state index contributed by atoms with van der Waals surface area (Å²) in [5.41, 5.74) is 0. The first-order valence-electron chi connectivity index (χ1n) is 2.28. The maximum absolute atomic E-state index is 10.5. The Balaban J connectivity index is 0.000000810. The number of hydroxylamine groups is 1. The van der Waals surface area contributed by atoms with E-state index in [-0.39, 0.29) is 34.5 Å². The van der Waals surface area contributed by atoms with Crippen molar-refractivity contribution in [3.05, 3.63) is 17.4 Å². The second-order valence-electron chi connectivity index (χ2n) is 1.50. The zero-order valence-electron chi connectivity index (χ0n) is 4.40. The molecule has 0 saturated heterocycles. The number of carbonyl (C=O) groups excluding carboxylic acids is 1. The monoisotopic (exact) mass is 165 g/mol. The zero-order chi connectivity index (χ0) is 6.85. The normalized spacial score (nSPS) is 16.2. The van der Waals surface area contributed by atoms with Crippen LogP contribution in [0.2, 0.25) is 0 Å². The second kappa shape index (κ2) is 3.98. The Bertz CT molecular complexity index is 234. The van der Waals surface area contributed by atoms with Gasteiger partial charge >= 0.3 is 34.5 Å². The molecule has 0 spiro atoms. The Labute approximate surface area is 85.3 Å². The van der Waals surface area contributed by atoms with Crippen LogP contribution in [-0.4, -0.2) is 51.3 Å². The molecule has 48 valence electrons. The average Bonchev–Trinajstić information content (AvgIpc) is 1.83. The average molecular weight is 165 g/mol. The Morgan fingerprint density at radius 2 is 2.20 bits per heavy atom. The van der Waals surface area contributed by atoms with E-state index in [0.717, 1.165) is 0 Å². The number of ketones is 1. The van der Waals surface area contributed by atoms with Gasteiger partial charge in [-0.15, -0.1) is 0 Å². The summed E-state index contributed by atoms with van der Waals surface area (Å²) in [5, 5.41) is 10.5. The van der Waals surface area contributed by atoms with Gasteiger partial charge in [-0.2, -0.15) is 4.74 Å². The van der Waals surface area contributed by atoms with E-state index in [4.69, 9.17) is 0 Å². The van der Waals surface area contributed by atoms with E-state index >= 15 is 0 Å². The molecule has 10 heavy (non-hydrogen) atoms. The number of thiocarbonyl (C=S) groups is 1. The summed E-state index contributed by atoms with van der Waals surface area (Å²) in [7, 11) is 0. The number of nitrogens with zero attached hydrogens (tertiary/aromatic N) is 1. The molecule has 1 aliphatic rings. The molecule has 1 rings (SSSR count). The van der Waals surface area contributed by atoms with Gasteiger partial charge in [-0.3, -0.25) is 4.79 Å². The van der Waals surface area contributed by atoms with E-state index in [1.54, 1.807) is 0 Å². The third-order valence-electron chi connectivity index (χ3n) is 0.880. The van der Waals surface area contributed by atoms with E-state index < -0.39 is 5.78 Å². The standard InChI is InChI=1S/C5H3NO2S.Na.H/c7-4-2-1-3-6(8)5(4)9;;/h1-3H;;. The predicted octanol–water partition coefficient (Wildman–Crippen LogP) is -0.615. The van der Waals surface area contributed by atoms with Crippen molar-refractivity contribution in [2.75, 3.05) is 0 Å². The van der Waals surface area contributed by atoms with E-state index in [1.807, 2.05) is 0 Å². The molecule has 0 amide bonds. The van der Waals surface area contributed by atoms with Crippen molar-refractivity contribution in [1.82, 2.24) is 0 Å². The fourth-order valence-electron chi connectivity index (χ4n) is 0.456.